The van der Waals surface area contributed by atoms with Crippen LogP contribution in [0.1, 0.15) is 23.6 Å². The van der Waals surface area contributed by atoms with Crippen LogP contribution < -0.4 is 10.1 Å². The molecular formula is C18H13Br2FN4O2. The maximum Gasteiger partial charge on any atom is 0.229 e. The molecule has 0 fully saturated rings. The molecule has 0 unspecified atom stereocenters. The van der Waals surface area contributed by atoms with E-state index in [2.05, 4.69) is 47.3 Å². The third-order valence-corrected chi connectivity index (χ3v) is 5.38. The number of aromatic nitrogens is 3. The lowest BCUT2D eigenvalue weighted by molar-refractivity contribution is -0.117. The van der Waals surface area contributed by atoms with E-state index in [-0.39, 0.29) is 24.2 Å². The van der Waals surface area contributed by atoms with Gasteiger partial charge in [-0.1, -0.05) is 12.1 Å². The van der Waals surface area contributed by atoms with Gasteiger partial charge in [-0.05, 0) is 67.3 Å². The summed E-state index contributed by atoms with van der Waals surface area (Å²) in [4.78, 5) is 16.0. The number of anilines is 1. The summed E-state index contributed by atoms with van der Waals surface area (Å²) in [6.07, 6.45) is 1.68. The zero-order valence-corrected chi connectivity index (χ0v) is 17.0. The van der Waals surface area contributed by atoms with Crippen LogP contribution in [0.2, 0.25) is 0 Å². The predicted molar refractivity (Wildman–Crippen MR) is 104 cm³/mol. The SMILES string of the molecule is O=C1C[C@@H](c2cc(Br)c(OCc3ccc(F)cc3)c(Br)c2)n2ncnc2N1. The van der Waals surface area contributed by atoms with E-state index < -0.39 is 0 Å². The van der Waals surface area contributed by atoms with Crippen LogP contribution in [0.15, 0.2) is 51.7 Å². The Morgan fingerprint density at radius 1 is 1.22 bits per heavy atom. The molecule has 27 heavy (non-hydrogen) atoms. The second-order valence-corrected chi connectivity index (χ2v) is 7.73. The number of carbonyl (C=O) groups is 1. The highest BCUT2D eigenvalue weighted by Gasteiger charge is 2.28. The van der Waals surface area contributed by atoms with Crippen molar-refractivity contribution in [2.24, 2.45) is 0 Å². The van der Waals surface area contributed by atoms with Gasteiger partial charge >= 0.3 is 0 Å². The zero-order chi connectivity index (χ0) is 19.0. The molecule has 6 nitrogen and oxygen atoms in total. The minimum absolute atomic E-state index is 0.107. The first-order valence-electron chi connectivity index (χ1n) is 8.07. The van der Waals surface area contributed by atoms with Crippen LogP contribution in [0.3, 0.4) is 0 Å². The van der Waals surface area contributed by atoms with Gasteiger partial charge in [0.25, 0.3) is 0 Å². The fourth-order valence-corrected chi connectivity index (χ4v) is 4.36. The maximum absolute atomic E-state index is 13.0. The lowest BCUT2D eigenvalue weighted by atomic mass is 10.0. The molecule has 2 aromatic carbocycles. The van der Waals surface area contributed by atoms with Crippen molar-refractivity contribution in [1.82, 2.24) is 14.8 Å². The lowest BCUT2D eigenvalue weighted by Crippen LogP contribution is -2.29. The smallest absolute Gasteiger partial charge is 0.229 e. The number of hydrogen-bond donors (Lipinski definition) is 1. The van der Waals surface area contributed by atoms with Gasteiger partial charge < -0.3 is 4.74 Å². The molecule has 138 valence electrons. The third kappa shape index (κ3) is 3.74. The Bertz CT molecular complexity index is 984. The van der Waals surface area contributed by atoms with E-state index in [0.717, 1.165) is 20.1 Å². The van der Waals surface area contributed by atoms with Crippen LogP contribution in [0.5, 0.6) is 5.75 Å². The van der Waals surface area contributed by atoms with Gasteiger partial charge in [-0.2, -0.15) is 10.1 Å². The Balaban J connectivity index is 1.59. The number of carbonyl (C=O) groups excluding carboxylic acids is 1. The van der Waals surface area contributed by atoms with Crippen LogP contribution >= 0.6 is 31.9 Å². The normalized spacial score (nSPS) is 16.0. The number of benzene rings is 2. The topological polar surface area (TPSA) is 69.0 Å². The van der Waals surface area contributed by atoms with Crippen LogP contribution in [0.25, 0.3) is 0 Å². The molecule has 1 aliphatic heterocycles. The first-order valence-corrected chi connectivity index (χ1v) is 9.65. The molecule has 4 rings (SSSR count). The second-order valence-electron chi connectivity index (χ2n) is 6.03. The highest BCUT2D eigenvalue weighted by atomic mass is 79.9. The van der Waals surface area contributed by atoms with Crippen LogP contribution in [0, 0.1) is 5.82 Å². The summed E-state index contributed by atoms with van der Waals surface area (Å²) >= 11 is 7.07. The van der Waals surface area contributed by atoms with E-state index in [1.165, 1.54) is 18.5 Å². The van der Waals surface area contributed by atoms with E-state index in [9.17, 15) is 9.18 Å². The van der Waals surface area contributed by atoms with Crippen molar-refractivity contribution in [3.8, 4) is 5.75 Å². The van der Waals surface area contributed by atoms with Crippen molar-refractivity contribution >= 4 is 43.7 Å². The average molecular weight is 496 g/mol. The molecule has 1 N–H and O–H groups in total. The Morgan fingerprint density at radius 2 is 1.93 bits per heavy atom. The number of fused-ring (bicyclic) bond motifs is 1. The summed E-state index contributed by atoms with van der Waals surface area (Å²) in [5, 5.41) is 6.91. The third-order valence-electron chi connectivity index (χ3n) is 4.20. The molecule has 0 bridgehead atoms. The Hall–Kier alpha value is -2.26. The van der Waals surface area contributed by atoms with Gasteiger partial charge in [0.05, 0.1) is 21.4 Å². The molecule has 0 radical (unpaired) electrons. The number of halogens is 3. The van der Waals surface area contributed by atoms with Gasteiger partial charge in [0, 0.05) is 0 Å². The van der Waals surface area contributed by atoms with Gasteiger partial charge in [0.15, 0.2) is 0 Å². The molecular weight excluding hydrogens is 483 g/mol. The summed E-state index contributed by atoms with van der Waals surface area (Å²) in [6.45, 7) is 0.301. The van der Waals surface area contributed by atoms with Gasteiger partial charge in [-0.25, -0.2) is 9.07 Å². The highest BCUT2D eigenvalue weighted by molar-refractivity contribution is 9.11. The second kappa shape index (κ2) is 7.40. The summed E-state index contributed by atoms with van der Waals surface area (Å²) in [5.74, 6) is 0.668. The van der Waals surface area contributed by atoms with Crippen molar-refractivity contribution in [2.75, 3.05) is 5.32 Å². The molecule has 0 saturated heterocycles. The van der Waals surface area contributed by atoms with Crippen molar-refractivity contribution < 1.29 is 13.9 Å². The molecule has 1 atom stereocenters. The molecule has 0 aliphatic carbocycles. The molecule has 1 aliphatic rings. The number of rotatable bonds is 4. The van der Waals surface area contributed by atoms with Crippen molar-refractivity contribution in [1.29, 1.82) is 0 Å². The average Bonchev–Trinajstić information content (AvgIpc) is 3.10. The van der Waals surface area contributed by atoms with Gasteiger partial charge in [-0.3, -0.25) is 10.1 Å². The maximum atomic E-state index is 13.0. The van der Waals surface area contributed by atoms with Crippen LogP contribution in [-0.2, 0) is 11.4 Å². The summed E-state index contributed by atoms with van der Waals surface area (Å²) in [5.41, 5.74) is 1.75. The zero-order valence-electron chi connectivity index (χ0n) is 13.8. The van der Waals surface area contributed by atoms with Crippen molar-refractivity contribution in [3.63, 3.8) is 0 Å². The largest absolute Gasteiger partial charge is 0.487 e. The molecule has 9 heteroatoms. The Kier molecular flexibility index (Phi) is 4.96. The first-order chi connectivity index (χ1) is 13.0. The van der Waals surface area contributed by atoms with E-state index in [1.54, 1.807) is 16.8 Å². The summed E-state index contributed by atoms with van der Waals surface area (Å²) in [7, 11) is 0. The van der Waals surface area contributed by atoms with Gasteiger partial charge in [-0.15, -0.1) is 0 Å². The van der Waals surface area contributed by atoms with E-state index in [1.807, 2.05) is 12.1 Å². The minimum Gasteiger partial charge on any atom is -0.487 e. The Labute approximate surface area is 171 Å². The Morgan fingerprint density at radius 3 is 2.63 bits per heavy atom. The van der Waals surface area contributed by atoms with Gasteiger partial charge in [0.1, 0.15) is 24.5 Å². The number of nitrogens with one attached hydrogen (secondary N) is 1. The van der Waals surface area contributed by atoms with E-state index >= 15 is 0 Å². The van der Waals surface area contributed by atoms with Crippen molar-refractivity contribution in [3.05, 3.63) is 68.6 Å². The molecule has 0 saturated carbocycles. The fourth-order valence-electron chi connectivity index (χ4n) is 2.91. The molecule has 0 spiro atoms. The quantitative estimate of drug-likeness (QED) is 0.580. The molecule has 1 amide bonds. The van der Waals surface area contributed by atoms with Crippen molar-refractivity contribution in [2.45, 2.75) is 19.1 Å². The standard InChI is InChI=1S/C18H13Br2FN4O2/c19-13-5-11(15-7-16(26)24-18-22-9-23-25(15)18)6-14(20)17(13)27-8-10-1-3-12(21)4-2-10/h1-6,9,15H,7-8H2,(H,22,23,24,26)/t15-/m0/s1. The monoisotopic (exact) mass is 494 g/mol. The predicted octanol–water partition coefficient (Wildman–Crippen LogP) is 4.45. The molecule has 1 aromatic heterocycles. The number of ether oxygens (including phenoxy) is 1. The molecule has 3 aromatic rings. The number of hydrogen-bond acceptors (Lipinski definition) is 4. The first kappa shape index (κ1) is 18.1. The highest BCUT2D eigenvalue weighted by Crippen LogP contribution is 2.39. The van der Waals surface area contributed by atoms with Crippen LogP contribution in [0.4, 0.5) is 10.3 Å². The minimum atomic E-state index is -0.283. The lowest BCUT2D eigenvalue weighted by Gasteiger charge is -2.24. The fraction of sp³-hybridized carbons (Fsp3) is 0.167. The van der Waals surface area contributed by atoms with E-state index in [4.69, 9.17) is 4.74 Å². The molecule has 2 heterocycles. The van der Waals surface area contributed by atoms with E-state index in [0.29, 0.717) is 18.3 Å². The summed E-state index contributed by atoms with van der Waals surface area (Å²) < 4.78 is 22.1. The van der Waals surface area contributed by atoms with Gasteiger partial charge in [0.2, 0.25) is 11.9 Å². The van der Waals surface area contributed by atoms with Crippen LogP contribution in [-0.4, -0.2) is 20.7 Å². The number of nitrogens with zero attached hydrogens (tertiary/aromatic N) is 3. The number of amides is 1. The summed E-state index contributed by atoms with van der Waals surface area (Å²) in [6, 6.07) is 9.70.